The Morgan fingerprint density at radius 2 is 1.40 bits per heavy atom. The Labute approximate surface area is 92.6 Å². The molecule has 0 rings (SSSR count). The van der Waals surface area contributed by atoms with Gasteiger partial charge in [-0.05, 0) is 18.8 Å². The zero-order valence-corrected chi connectivity index (χ0v) is 10.6. The largest absolute Gasteiger partial charge is 0.346 e. The monoisotopic (exact) mass is 213 g/mol. The highest BCUT2D eigenvalue weighted by Crippen LogP contribution is 2.11. The molecule has 0 spiro atoms. The van der Waals surface area contributed by atoms with Crippen molar-refractivity contribution >= 4 is 11.7 Å². The summed E-state index contributed by atoms with van der Waals surface area (Å²) in [6.07, 6.45) is 0. The van der Waals surface area contributed by atoms with Gasteiger partial charge in [-0.1, -0.05) is 34.6 Å². The molecular formula is C12H23NO2. The lowest BCUT2D eigenvalue weighted by molar-refractivity contribution is -0.130. The van der Waals surface area contributed by atoms with Crippen molar-refractivity contribution in [3.05, 3.63) is 0 Å². The molecule has 15 heavy (non-hydrogen) atoms. The Hall–Kier alpha value is -0.860. The van der Waals surface area contributed by atoms with Crippen LogP contribution in [0, 0.1) is 17.8 Å². The normalized spacial score (nSPS) is 15.2. The summed E-state index contributed by atoms with van der Waals surface area (Å²) in [6, 6.07) is -0.348. The van der Waals surface area contributed by atoms with E-state index < -0.39 is 0 Å². The first-order valence-electron chi connectivity index (χ1n) is 5.58. The fourth-order valence-corrected chi connectivity index (χ4v) is 1.33. The van der Waals surface area contributed by atoms with Gasteiger partial charge in [-0.25, -0.2) is 0 Å². The van der Waals surface area contributed by atoms with Crippen LogP contribution >= 0.6 is 0 Å². The number of amides is 1. The summed E-state index contributed by atoms with van der Waals surface area (Å²) in [4.78, 5) is 23.0. The number of hydrogen-bond donors (Lipinski definition) is 1. The van der Waals surface area contributed by atoms with E-state index in [0.29, 0.717) is 5.92 Å². The van der Waals surface area contributed by atoms with Gasteiger partial charge in [0.15, 0.2) is 5.78 Å². The molecule has 1 unspecified atom stereocenters. The number of rotatable bonds is 5. The highest BCUT2D eigenvalue weighted by Gasteiger charge is 2.24. The maximum atomic E-state index is 11.7. The van der Waals surface area contributed by atoms with E-state index in [-0.39, 0.29) is 29.6 Å². The van der Waals surface area contributed by atoms with Gasteiger partial charge in [0.1, 0.15) is 0 Å². The Balaban J connectivity index is 4.43. The van der Waals surface area contributed by atoms with Crippen LogP contribution in [-0.4, -0.2) is 17.7 Å². The van der Waals surface area contributed by atoms with Gasteiger partial charge in [0.25, 0.3) is 0 Å². The van der Waals surface area contributed by atoms with Gasteiger partial charge < -0.3 is 5.32 Å². The molecule has 0 fully saturated rings. The fraction of sp³-hybridized carbons (Fsp3) is 0.833. The van der Waals surface area contributed by atoms with Crippen molar-refractivity contribution in [3.63, 3.8) is 0 Å². The van der Waals surface area contributed by atoms with Crippen LogP contribution in [0.2, 0.25) is 0 Å². The molecule has 0 aliphatic heterocycles. The van der Waals surface area contributed by atoms with Crippen molar-refractivity contribution < 1.29 is 9.59 Å². The van der Waals surface area contributed by atoms with Crippen LogP contribution in [0.15, 0.2) is 0 Å². The Morgan fingerprint density at radius 1 is 0.933 bits per heavy atom. The summed E-state index contributed by atoms with van der Waals surface area (Å²) in [5.74, 6) is 0.384. The van der Waals surface area contributed by atoms with Crippen LogP contribution in [0.25, 0.3) is 0 Å². The van der Waals surface area contributed by atoms with Gasteiger partial charge in [0.05, 0.1) is 6.04 Å². The number of hydrogen-bond acceptors (Lipinski definition) is 2. The lowest BCUT2D eigenvalue weighted by Crippen LogP contribution is -2.46. The third-order valence-electron chi connectivity index (χ3n) is 2.82. The lowest BCUT2D eigenvalue weighted by Gasteiger charge is -2.23. The molecule has 0 bridgehead atoms. The van der Waals surface area contributed by atoms with Crippen molar-refractivity contribution in [2.75, 3.05) is 0 Å². The molecule has 2 atom stereocenters. The third-order valence-corrected chi connectivity index (χ3v) is 2.82. The highest BCUT2D eigenvalue weighted by atomic mass is 16.2. The fourth-order valence-electron chi connectivity index (χ4n) is 1.33. The first-order chi connectivity index (χ1) is 6.77. The van der Waals surface area contributed by atoms with Crippen molar-refractivity contribution in [1.82, 2.24) is 5.32 Å². The van der Waals surface area contributed by atoms with Crippen LogP contribution in [0.5, 0.6) is 0 Å². The molecular weight excluding hydrogens is 190 g/mol. The van der Waals surface area contributed by atoms with Gasteiger partial charge in [-0.3, -0.25) is 9.59 Å². The number of Topliss-reactive ketones (excluding diaryl/α,β-unsaturated/α-hetero) is 1. The average Bonchev–Trinajstić information content (AvgIpc) is 2.11. The predicted molar refractivity (Wildman–Crippen MR) is 61.5 cm³/mol. The standard InChI is InChI=1S/C12H23NO2/c1-7(2)9(5)12(15)13-11(8(3)4)10(6)14/h7-9,11H,1-6H3,(H,13,15)/t9?,11-/m0/s1. The second kappa shape index (κ2) is 5.89. The van der Waals surface area contributed by atoms with E-state index in [1.54, 1.807) is 0 Å². The van der Waals surface area contributed by atoms with Crippen molar-refractivity contribution in [2.24, 2.45) is 17.8 Å². The Bertz CT molecular complexity index is 234. The highest BCUT2D eigenvalue weighted by molar-refractivity contribution is 5.88. The second-order valence-corrected chi connectivity index (χ2v) is 4.87. The number of carbonyl (C=O) groups excluding carboxylic acids is 2. The van der Waals surface area contributed by atoms with E-state index >= 15 is 0 Å². The minimum Gasteiger partial charge on any atom is -0.346 e. The first-order valence-corrected chi connectivity index (χ1v) is 5.58. The molecule has 0 saturated heterocycles. The van der Waals surface area contributed by atoms with Gasteiger partial charge in [0.2, 0.25) is 5.91 Å². The maximum absolute atomic E-state index is 11.7. The van der Waals surface area contributed by atoms with E-state index in [4.69, 9.17) is 0 Å². The molecule has 88 valence electrons. The zero-order valence-electron chi connectivity index (χ0n) is 10.6. The first kappa shape index (κ1) is 14.1. The molecule has 0 aliphatic rings. The third kappa shape index (κ3) is 4.45. The van der Waals surface area contributed by atoms with Crippen molar-refractivity contribution in [1.29, 1.82) is 0 Å². The molecule has 0 saturated carbocycles. The number of carbonyl (C=O) groups is 2. The Kier molecular flexibility index (Phi) is 5.55. The SMILES string of the molecule is CC(=O)[C@@H](NC(=O)C(C)C(C)C)C(C)C. The lowest BCUT2D eigenvalue weighted by atomic mass is 9.95. The van der Waals surface area contributed by atoms with Crippen molar-refractivity contribution in [2.45, 2.75) is 47.6 Å². The van der Waals surface area contributed by atoms with Crippen molar-refractivity contribution in [3.8, 4) is 0 Å². The molecule has 0 heterocycles. The van der Waals surface area contributed by atoms with E-state index in [1.165, 1.54) is 6.92 Å². The summed E-state index contributed by atoms with van der Waals surface area (Å²) < 4.78 is 0. The van der Waals surface area contributed by atoms with Crippen LogP contribution in [0.4, 0.5) is 0 Å². The number of ketones is 1. The molecule has 1 amide bonds. The molecule has 3 heteroatoms. The summed E-state index contributed by atoms with van der Waals surface area (Å²) in [7, 11) is 0. The maximum Gasteiger partial charge on any atom is 0.223 e. The minimum absolute atomic E-state index is 0.0225. The van der Waals surface area contributed by atoms with E-state index in [0.717, 1.165) is 0 Å². The minimum atomic E-state index is -0.348. The zero-order chi connectivity index (χ0) is 12.2. The summed E-state index contributed by atoms with van der Waals surface area (Å²) >= 11 is 0. The van der Waals surface area contributed by atoms with Gasteiger partial charge >= 0.3 is 0 Å². The number of nitrogens with one attached hydrogen (secondary N) is 1. The van der Waals surface area contributed by atoms with Crippen LogP contribution < -0.4 is 5.32 Å². The smallest absolute Gasteiger partial charge is 0.223 e. The Morgan fingerprint density at radius 3 is 1.67 bits per heavy atom. The van der Waals surface area contributed by atoms with Crippen LogP contribution in [0.1, 0.15) is 41.5 Å². The summed E-state index contributed by atoms with van der Waals surface area (Å²) in [6.45, 7) is 11.3. The summed E-state index contributed by atoms with van der Waals surface area (Å²) in [5.41, 5.74) is 0. The van der Waals surface area contributed by atoms with Gasteiger partial charge in [-0.2, -0.15) is 0 Å². The molecule has 0 aromatic heterocycles. The van der Waals surface area contributed by atoms with Crippen LogP contribution in [0.3, 0.4) is 0 Å². The van der Waals surface area contributed by atoms with Gasteiger partial charge in [-0.15, -0.1) is 0 Å². The molecule has 3 nitrogen and oxygen atoms in total. The van der Waals surface area contributed by atoms with Crippen LogP contribution in [-0.2, 0) is 9.59 Å². The quantitative estimate of drug-likeness (QED) is 0.759. The molecule has 0 aromatic carbocycles. The second-order valence-electron chi connectivity index (χ2n) is 4.87. The topological polar surface area (TPSA) is 46.2 Å². The molecule has 0 aromatic rings. The average molecular weight is 213 g/mol. The molecule has 1 N–H and O–H groups in total. The van der Waals surface area contributed by atoms with E-state index in [9.17, 15) is 9.59 Å². The molecule has 0 radical (unpaired) electrons. The summed E-state index contributed by atoms with van der Waals surface area (Å²) in [5, 5.41) is 2.81. The van der Waals surface area contributed by atoms with E-state index in [1.807, 2.05) is 34.6 Å². The van der Waals surface area contributed by atoms with Gasteiger partial charge in [0, 0.05) is 5.92 Å². The predicted octanol–water partition coefficient (Wildman–Crippen LogP) is 2.01. The molecule has 0 aliphatic carbocycles. The van der Waals surface area contributed by atoms with E-state index in [2.05, 4.69) is 5.32 Å².